The fraction of sp³-hybridized carbons (Fsp3) is 0.154. The van der Waals surface area contributed by atoms with Crippen molar-refractivity contribution < 1.29 is 22.7 Å². The number of hydrogen-bond acceptors (Lipinski definition) is 4. The highest BCUT2D eigenvalue weighted by molar-refractivity contribution is 7.89. The number of halogens is 1. The van der Waals surface area contributed by atoms with Gasteiger partial charge >= 0.3 is 5.97 Å². The molecule has 0 bridgehead atoms. The first kappa shape index (κ1) is 15.6. The Kier molecular flexibility index (Phi) is 4.36. The van der Waals surface area contributed by atoms with Crippen LogP contribution >= 0.6 is 11.6 Å². The fourth-order valence-corrected chi connectivity index (χ4v) is 3.21. The van der Waals surface area contributed by atoms with E-state index in [1.54, 1.807) is 12.1 Å². The molecule has 0 aliphatic rings. The summed E-state index contributed by atoms with van der Waals surface area (Å²) in [5, 5.41) is 8.75. The highest BCUT2D eigenvalue weighted by Crippen LogP contribution is 2.23. The molecule has 0 saturated carbocycles. The molecule has 1 aromatic carbocycles. The fourth-order valence-electron chi connectivity index (χ4n) is 1.72. The molecule has 0 fully saturated rings. The third kappa shape index (κ3) is 3.26. The lowest BCUT2D eigenvalue weighted by Gasteiger charge is -2.16. The second kappa shape index (κ2) is 5.88. The summed E-state index contributed by atoms with van der Waals surface area (Å²) in [5.41, 5.74) is -0.149. The zero-order chi connectivity index (χ0) is 15.6. The molecule has 0 spiro atoms. The predicted octanol–water partition coefficient (Wildman–Crippen LogP) is 2.45. The van der Waals surface area contributed by atoms with Crippen LogP contribution in [-0.4, -0.2) is 30.8 Å². The number of carboxylic acid groups (broad SMARTS) is 1. The number of carbonyl (C=O) groups is 1. The molecule has 0 unspecified atom stereocenters. The summed E-state index contributed by atoms with van der Waals surface area (Å²) in [6, 6.07) is 6.82. The number of benzene rings is 1. The number of hydrogen-bond donors (Lipinski definition) is 1. The third-order valence-electron chi connectivity index (χ3n) is 2.84. The van der Waals surface area contributed by atoms with Crippen LogP contribution in [0.5, 0.6) is 0 Å². The van der Waals surface area contributed by atoms with Gasteiger partial charge in [0.15, 0.2) is 0 Å². The van der Waals surface area contributed by atoms with Crippen LogP contribution in [-0.2, 0) is 16.6 Å². The molecule has 0 saturated heterocycles. The van der Waals surface area contributed by atoms with E-state index >= 15 is 0 Å². The van der Waals surface area contributed by atoms with Crippen LogP contribution in [0.4, 0.5) is 0 Å². The van der Waals surface area contributed by atoms with Gasteiger partial charge in [-0.3, -0.25) is 0 Å². The monoisotopic (exact) mass is 329 g/mol. The van der Waals surface area contributed by atoms with Crippen LogP contribution in [0.25, 0.3) is 0 Å². The highest BCUT2D eigenvalue weighted by atomic mass is 35.5. The third-order valence-corrected chi connectivity index (χ3v) is 4.95. The SMILES string of the molecule is CN(Cc1ccco1)S(=O)(=O)c1ccc(C(=O)O)c(Cl)c1. The average Bonchev–Trinajstić information content (AvgIpc) is 2.90. The molecule has 112 valence electrons. The molecule has 0 amide bonds. The summed E-state index contributed by atoms with van der Waals surface area (Å²) in [7, 11) is -2.38. The number of furan rings is 1. The molecule has 1 aromatic heterocycles. The first-order valence-electron chi connectivity index (χ1n) is 5.84. The molecule has 21 heavy (non-hydrogen) atoms. The van der Waals surface area contributed by atoms with Crippen molar-refractivity contribution in [3.8, 4) is 0 Å². The molecule has 6 nitrogen and oxygen atoms in total. The maximum absolute atomic E-state index is 12.4. The van der Waals surface area contributed by atoms with Crippen molar-refractivity contribution in [1.82, 2.24) is 4.31 Å². The standard InChI is InChI=1S/C13H12ClNO5S/c1-15(8-9-3-2-6-20-9)21(18,19)10-4-5-11(13(16)17)12(14)7-10/h2-7H,8H2,1H3,(H,16,17). The Morgan fingerprint density at radius 2 is 2.10 bits per heavy atom. The molecule has 0 radical (unpaired) electrons. The van der Waals surface area contributed by atoms with Crippen molar-refractivity contribution in [1.29, 1.82) is 0 Å². The van der Waals surface area contributed by atoms with E-state index < -0.39 is 16.0 Å². The largest absolute Gasteiger partial charge is 0.478 e. The number of nitrogens with zero attached hydrogens (tertiary/aromatic N) is 1. The van der Waals surface area contributed by atoms with E-state index in [2.05, 4.69) is 0 Å². The Balaban J connectivity index is 2.31. The average molecular weight is 330 g/mol. The van der Waals surface area contributed by atoms with Gasteiger partial charge in [0.25, 0.3) is 0 Å². The Morgan fingerprint density at radius 1 is 1.38 bits per heavy atom. The molecule has 8 heteroatoms. The maximum Gasteiger partial charge on any atom is 0.337 e. The summed E-state index contributed by atoms with van der Waals surface area (Å²) < 4.78 is 30.9. The smallest absolute Gasteiger partial charge is 0.337 e. The molecular formula is C13H12ClNO5S. The van der Waals surface area contributed by atoms with E-state index in [4.69, 9.17) is 21.1 Å². The molecule has 1 N–H and O–H groups in total. The van der Waals surface area contributed by atoms with E-state index in [-0.39, 0.29) is 22.0 Å². The van der Waals surface area contributed by atoms with Crippen LogP contribution in [0.15, 0.2) is 45.9 Å². The van der Waals surface area contributed by atoms with E-state index in [0.717, 1.165) is 16.4 Å². The van der Waals surface area contributed by atoms with Gasteiger partial charge in [-0.05, 0) is 30.3 Å². The molecular weight excluding hydrogens is 318 g/mol. The minimum Gasteiger partial charge on any atom is -0.478 e. The van der Waals surface area contributed by atoms with Crippen LogP contribution < -0.4 is 0 Å². The van der Waals surface area contributed by atoms with Crippen molar-refractivity contribution in [3.05, 3.63) is 52.9 Å². The second-order valence-electron chi connectivity index (χ2n) is 4.29. The molecule has 2 rings (SSSR count). The van der Waals surface area contributed by atoms with Crippen molar-refractivity contribution in [3.63, 3.8) is 0 Å². The van der Waals surface area contributed by atoms with Gasteiger partial charge in [-0.2, -0.15) is 4.31 Å². The molecule has 0 aliphatic heterocycles. The van der Waals surface area contributed by atoms with Gasteiger partial charge in [0.05, 0.1) is 28.3 Å². The van der Waals surface area contributed by atoms with E-state index in [1.165, 1.54) is 19.4 Å². The van der Waals surface area contributed by atoms with Crippen molar-refractivity contribution in [2.45, 2.75) is 11.4 Å². The lowest BCUT2D eigenvalue weighted by molar-refractivity contribution is 0.0697. The van der Waals surface area contributed by atoms with E-state index in [9.17, 15) is 13.2 Å². The molecule has 0 aliphatic carbocycles. The van der Waals surface area contributed by atoms with Crippen LogP contribution in [0.2, 0.25) is 5.02 Å². The summed E-state index contributed by atoms with van der Waals surface area (Å²) in [6.45, 7) is 0.0631. The Hall–Kier alpha value is -1.83. The summed E-state index contributed by atoms with van der Waals surface area (Å²) in [6.07, 6.45) is 1.45. The van der Waals surface area contributed by atoms with Gasteiger partial charge in [0, 0.05) is 7.05 Å². The summed E-state index contributed by atoms with van der Waals surface area (Å²) in [4.78, 5) is 10.8. The van der Waals surface area contributed by atoms with Gasteiger partial charge in [-0.1, -0.05) is 11.6 Å². The van der Waals surface area contributed by atoms with Gasteiger partial charge in [0.1, 0.15) is 5.76 Å². The van der Waals surface area contributed by atoms with Gasteiger partial charge < -0.3 is 9.52 Å². The lowest BCUT2D eigenvalue weighted by atomic mass is 10.2. The van der Waals surface area contributed by atoms with Crippen LogP contribution in [0.3, 0.4) is 0 Å². The van der Waals surface area contributed by atoms with Crippen LogP contribution in [0.1, 0.15) is 16.1 Å². The highest BCUT2D eigenvalue weighted by Gasteiger charge is 2.23. The van der Waals surface area contributed by atoms with Crippen molar-refractivity contribution >= 4 is 27.6 Å². The number of rotatable bonds is 5. The first-order valence-corrected chi connectivity index (χ1v) is 7.65. The first-order chi connectivity index (χ1) is 9.82. The summed E-state index contributed by atoms with van der Waals surface area (Å²) in [5.74, 6) is -0.720. The number of sulfonamides is 1. The van der Waals surface area contributed by atoms with Crippen molar-refractivity contribution in [2.75, 3.05) is 7.05 Å². The zero-order valence-corrected chi connectivity index (χ0v) is 12.6. The molecule has 0 atom stereocenters. The topological polar surface area (TPSA) is 87.8 Å². The van der Waals surface area contributed by atoms with Crippen molar-refractivity contribution in [2.24, 2.45) is 0 Å². The van der Waals surface area contributed by atoms with E-state index in [1.807, 2.05) is 0 Å². The number of carboxylic acids is 1. The lowest BCUT2D eigenvalue weighted by Crippen LogP contribution is -2.26. The van der Waals surface area contributed by atoms with Crippen LogP contribution in [0, 0.1) is 0 Å². The minimum atomic E-state index is -3.78. The van der Waals surface area contributed by atoms with E-state index in [0.29, 0.717) is 5.76 Å². The maximum atomic E-state index is 12.4. The normalized spacial score (nSPS) is 11.8. The zero-order valence-electron chi connectivity index (χ0n) is 11.0. The van der Waals surface area contributed by atoms with Gasteiger partial charge in [-0.25, -0.2) is 13.2 Å². The summed E-state index contributed by atoms with van der Waals surface area (Å²) >= 11 is 5.80. The molecule has 1 heterocycles. The Morgan fingerprint density at radius 3 is 2.62 bits per heavy atom. The number of aromatic carboxylic acids is 1. The minimum absolute atomic E-state index is 0.0631. The Bertz CT molecular complexity index is 755. The molecule has 2 aromatic rings. The van der Waals surface area contributed by atoms with Gasteiger partial charge in [0.2, 0.25) is 10.0 Å². The second-order valence-corrected chi connectivity index (χ2v) is 6.74. The predicted molar refractivity (Wildman–Crippen MR) is 75.8 cm³/mol. The quantitative estimate of drug-likeness (QED) is 0.910. The Labute approximate surface area is 126 Å². The van der Waals surface area contributed by atoms with Gasteiger partial charge in [-0.15, -0.1) is 0 Å².